The lowest BCUT2D eigenvalue weighted by atomic mass is 10.3. The SMILES string of the molecule is CCOc1ccc(N=C(C(=O)OC)C(=O)OC)cc1. The van der Waals surface area contributed by atoms with Crippen molar-refractivity contribution in [1.82, 2.24) is 0 Å². The van der Waals surface area contributed by atoms with E-state index in [2.05, 4.69) is 14.5 Å². The molecule has 0 heterocycles. The monoisotopic (exact) mass is 265 g/mol. The van der Waals surface area contributed by atoms with Crippen LogP contribution in [0.3, 0.4) is 0 Å². The molecule has 6 heteroatoms. The summed E-state index contributed by atoms with van der Waals surface area (Å²) in [5, 5.41) is 0. The van der Waals surface area contributed by atoms with Crippen LogP contribution in [0.5, 0.6) is 5.75 Å². The zero-order valence-electron chi connectivity index (χ0n) is 11.0. The third-order valence-electron chi connectivity index (χ3n) is 2.15. The molecular formula is C13H15NO5. The van der Waals surface area contributed by atoms with Gasteiger partial charge in [0.2, 0.25) is 5.71 Å². The number of ether oxygens (including phenoxy) is 3. The van der Waals surface area contributed by atoms with Crippen LogP contribution >= 0.6 is 0 Å². The third kappa shape index (κ3) is 4.09. The molecule has 0 N–H and O–H groups in total. The third-order valence-corrected chi connectivity index (χ3v) is 2.15. The van der Waals surface area contributed by atoms with Crippen LogP contribution in [0.25, 0.3) is 0 Å². The second kappa shape index (κ2) is 7.15. The van der Waals surface area contributed by atoms with Gasteiger partial charge in [-0.3, -0.25) is 0 Å². The second-order valence-corrected chi connectivity index (χ2v) is 3.37. The number of methoxy groups -OCH3 is 2. The topological polar surface area (TPSA) is 74.2 Å². The number of aliphatic imine (C=N–C) groups is 1. The molecule has 19 heavy (non-hydrogen) atoms. The molecule has 0 spiro atoms. The molecule has 0 amide bonds. The van der Waals surface area contributed by atoms with E-state index in [1.54, 1.807) is 24.3 Å². The predicted octanol–water partition coefficient (Wildman–Crippen LogP) is 1.50. The number of rotatable bonds is 5. The molecule has 102 valence electrons. The van der Waals surface area contributed by atoms with Crippen molar-refractivity contribution in [2.75, 3.05) is 20.8 Å². The number of esters is 2. The first kappa shape index (κ1) is 14.7. The smallest absolute Gasteiger partial charge is 0.364 e. The van der Waals surface area contributed by atoms with Gasteiger partial charge in [0.1, 0.15) is 5.75 Å². The molecule has 0 atom stereocenters. The average molecular weight is 265 g/mol. The first-order chi connectivity index (χ1) is 9.12. The molecule has 1 aromatic carbocycles. The molecule has 0 aromatic heterocycles. The van der Waals surface area contributed by atoms with Crippen LogP contribution in [-0.2, 0) is 19.1 Å². The maximum Gasteiger partial charge on any atom is 0.364 e. The Kier molecular flexibility index (Phi) is 5.53. The van der Waals surface area contributed by atoms with Crippen molar-refractivity contribution in [3.05, 3.63) is 24.3 Å². The van der Waals surface area contributed by atoms with E-state index in [0.29, 0.717) is 18.0 Å². The van der Waals surface area contributed by atoms with E-state index >= 15 is 0 Å². The Morgan fingerprint density at radius 3 is 2.00 bits per heavy atom. The van der Waals surface area contributed by atoms with E-state index < -0.39 is 17.7 Å². The zero-order chi connectivity index (χ0) is 14.3. The zero-order valence-corrected chi connectivity index (χ0v) is 11.0. The second-order valence-electron chi connectivity index (χ2n) is 3.37. The van der Waals surface area contributed by atoms with Crippen molar-refractivity contribution >= 4 is 23.3 Å². The number of carbonyl (C=O) groups excluding carboxylic acids is 2. The van der Waals surface area contributed by atoms with Gasteiger partial charge in [0.05, 0.1) is 26.5 Å². The van der Waals surface area contributed by atoms with Gasteiger partial charge in [-0.2, -0.15) is 0 Å². The fraction of sp³-hybridized carbons (Fsp3) is 0.308. The minimum absolute atomic E-state index is 0.408. The summed E-state index contributed by atoms with van der Waals surface area (Å²) in [5.74, 6) is -1.01. The summed E-state index contributed by atoms with van der Waals surface area (Å²) < 4.78 is 14.2. The number of hydrogen-bond donors (Lipinski definition) is 0. The Morgan fingerprint density at radius 2 is 1.58 bits per heavy atom. The van der Waals surface area contributed by atoms with Crippen LogP contribution < -0.4 is 4.74 Å². The normalized spacial score (nSPS) is 9.42. The summed E-state index contributed by atoms with van der Waals surface area (Å²) in [4.78, 5) is 26.7. The van der Waals surface area contributed by atoms with E-state index in [4.69, 9.17) is 4.74 Å². The standard InChI is InChI=1S/C13H15NO5/c1-4-19-10-7-5-9(6-8-10)14-11(12(15)17-2)13(16)18-3/h5-8H,4H2,1-3H3. The lowest BCUT2D eigenvalue weighted by Crippen LogP contribution is -2.26. The lowest BCUT2D eigenvalue weighted by molar-refractivity contribution is -0.138. The summed E-state index contributed by atoms with van der Waals surface area (Å²) in [6.07, 6.45) is 0. The van der Waals surface area contributed by atoms with E-state index in [9.17, 15) is 9.59 Å². The van der Waals surface area contributed by atoms with E-state index in [0.717, 1.165) is 0 Å². The molecular weight excluding hydrogens is 250 g/mol. The molecule has 0 saturated carbocycles. The quantitative estimate of drug-likeness (QED) is 0.458. The number of carbonyl (C=O) groups is 2. The number of benzene rings is 1. The van der Waals surface area contributed by atoms with Gasteiger partial charge in [-0.05, 0) is 31.2 Å². The Bertz CT molecular complexity index is 460. The van der Waals surface area contributed by atoms with E-state index in [1.165, 1.54) is 14.2 Å². The Balaban J connectivity index is 3.01. The molecule has 0 saturated heterocycles. The van der Waals surface area contributed by atoms with Crippen LogP contribution in [0.4, 0.5) is 5.69 Å². The number of nitrogens with zero attached hydrogens (tertiary/aromatic N) is 1. The van der Waals surface area contributed by atoms with E-state index in [1.807, 2.05) is 6.92 Å². The maximum atomic E-state index is 11.4. The fourth-order valence-corrected chi connectivity index (χ4v) is 1.28. The highest BCUT2D eigenvalue weighted by Gasteiger charge is 2.22. The van der Waals surface area contributed by atoms with Crippen molar-refractivity contribution in [1.29, 1.82) is 0 Å². The molecule has 0 aliphatic carbocycles. The van der Waals surface area contributed by atoms with Crippen molar-refractivity contribution in [3.63, 3.8) is 0 Å². The molecule has 1 rings (SSSR count). The van der Waals surface area contributed by atoms with Gasteiger partial charge in [0.25, 0.3) is 0 Å². The summed E-state index contributed by atoms with van der Waals surface area (Å²) in [6.45, 7) is 2.43. The van der Waals surface area contributed by atoms with Gasteiger partial charge in [-0.25, -0.2) is 14.6 Å². The summed E-state index contributed by atoms with van der Waals surface area (Å²) in [5.41, 5.74) is 0.0170. The Hall–Kier alpha value is -2.37. The molecule has 1 aromatic rings. The minimum atomic E-state index is -0.847. The van der Waals surface area contributed by atoms with Gasteiger partial charge in [-0.15, -0.1) is 0 Å². The summed E-state index contributed by atoms with van der Waals surface area (Å²) in [6, 6.07) is 6.62. The van der Waals surface area contributed by atoms with Crippen LogP contribution in [0.2, 0.25) is 0 Å². The molecule has 0 aliphatic rings. The molecule has 0 radical (unpaired) electrons. The van der Waals surface area contributed by atoms with Crippen LogP contribution in [0.15, 0.2) is 29.3 Å². The first-order valence-corrected chi connectivity index (χ1v) is 5.60. The highest BCUT2D eigenvalue weighted by atomic mass is 16.5. The highest BCUT2D eigenvalue weighted by molar-refractivity contribution is 6.62. The molecule has 0 unspecified atom stereocenters. The van der Waals surface area contributed by atoms with Gasteiger partial charge in [-0.1, -0.05) is 0 Å². The minimum Gasteiger partial charge on any atom is -0.494 e. The fourth-order valence-electron chi connectivity index (χ4n) is 1.28. The van der Waals surface area contributed by atoms with Gasteiger partial charge in [0, 0.05) is 0 Å². The lowest BCUT2D eigenvalue weighted by Gasteiger charge is -2.04. The Labute approximate surface area is 111 Å². The molecule has 6 nitrogen and oxygen atoms in total. The van der Waals surface area contributed by atoms with Crippen molar-refractivity contribution in [3.8, 4) is 5.75 Å². The van der Waals surface area contributed by atoms with Crippen molar-refractivity contribution in [2.45, 2.75) is 6.92 Å². The van der Waals surface area contributed by atoms with Gasteiger partial charge < -0.3 is 14.2 Å². The first-order valence-electron chi connectivity index (χ1n) is 5.60. The molecule has 0 bridgehead atoms. The predicted molar refractivity (Wildman–Crippen MR) is 68.7 cm³/mol. The van der Waals surface area contributed by atoms with Crippen LogP contribution in [-0.4, -0.2) is 38.5 Å². The number of hydrogen-bond acceptors (Lipinski definition) is 6. The molecule has 0 fully saturated rings. The molecule has 0 aliphatic heterocycles. The Morgan fingerprint density at radius 1 is 1.05 bits per heavy atom. The van der Waals surface area contributed by atoms with Crippen molar-refractivity contribution in [2.24, 2.45) is 4.99 Å². The summed E-state index contributed by atoms with van der Waals surface area (Å²) >= 11 is 0. The van der Waals surface area contributed by atoms with Crippen LogP contribution in [0, 0.1) is 0 Å². The largest absolute Gasteiger partial charge is 0.494 e. The van der Waals surface area contributed by atoms with Crippen LogP contribution in [0.1, 0.15) is 6.92 Å². The van der Waals surface area contributed by atoms with Gasteiger partial charge in [0.15, 0.2) is 0 Å². The summed E-state index contributed by atoms with van der Waals surface area (Å²) in [7, 11) is 2.33. The highest BCUT2D eigenvalue weighted by Crippen LogP contribution is 2.18. The average Bonchev–Trinajstić information content (AvgIpc) is 2.45. The van der Waals surface area contributed by atoms with Gasteiger partial charge >= 0.3 is 11.9 Å². The van der Waals surface area contributed by atoms with E-state index in [-0.39, 0.29) is 0 Å². The van der Waals surface area contributed by atoms with Crippen molar-refractivity contribution < 1.29 is 23.8 Å². The maximum absolute atomic E-state index is 11.4.